The third-order valence-electron chi connectivity index (χ3n) is 3.38. The fourth-order valence-electron chi connectivity index (χ4n) is 2.08. The number of rotatable bonds is 5. The maximum atomic E-state index is 5.16. The van der Waals surface area contributed by atoms with Crippen molar-refractivity contribution in [2.75, 3.05) is 7.11 Å². The molecule has 0 aliphatic rings. The van der Waals surface area contributed by atoms with E-state index in [1.807, 2.05) is 24.3 Å². The lowest BCUT2D eigenvalue weighted by atomic mass is 9.95. The highest BCUT2D eigenvalue weighted by Gasteiger charge is 2.04. The highest BCUT2D eigenvalue weighted by atomic mass is 16.5. The van der Waals surface area contributed by atoms with Gasteiger partial charge in [0.15, 0.2) is 0 Å². The first-order valence-electron chi connectivity index (χ1n) is 6.67. The molecule has 0 saturated carbocycles. The fraction of sp³-hybridized carbons (Fsp3) is 0.158. The molecule has 0 aromatic heterocycles. The zero-order valence-electron chi connectivity index (χ0n) is 12.1. The summed E-state index contributed by atoms with van der Waals surface area (Å²) in [5.41, 5.74) is 5.71. The Balaban J connectivity index is 2.06. The van der Waals surface area contributed by atoms with Gasteiger partial charge in [-0.2, -0.15) is 0 Å². The Hall–Kier alpha value is -2.28. The van der Waals surface area contributed by atoms with Crippen LogP contribution in [-0.2, 0) is 0 Å². The van der Waals surface area contributed by atoms with Gasteiger partial charge in [0.1, 0.15) is 5.75 Å². The molecule has 0 heterocycles. The molecule has 2 aromatic rings. The van der Waals surface area contributed by atoms with E-state index in [4.69, 9.17) is 4.74 Å². The van der Waals surface area contributed by atoms with E-state index in [0.29, 0.717) is 0 Å². The molecule has 1 nitrogen and oxygen atoms in total. The Morgan fingerprint density at radius 1 is 0.850 bits per heavy atom. The highest BCUT2D eigenvalue weighted by Crippen LogP contribution is 2.27. The Bertz CT molecular complexity index is 603. The van der Waals surface area contributed by atoms with Crippen molar-refractivity contribution in [2.45, 2.75) is 13.3 Å². The van der Waals surface area contributed by atoms with Crippen LogP contribution in [0.3, 0.4) is 0 Å². The summed E-state index contributed by atoms with van der Waals surface area (Å²) in [5, 5.41) is 0. The van der Waals surface area contributed by atoms with Gasteiger partial charge in [-0.3, -0.25) is 0 Å². The molecule has 0 atom stereocenters. The number of hydrogen-bond acceptors (Lipinski definition) is 1. The Morgan fingerprint density at radius 2 is 1.30 bits per heavy atom. The minimum absolute atomic E-state index is 0.773. The van der Waals surface area contributed by atoms with E-state index >= 15 is 0 Å². The highest BCUT2D eigenvalue weighted by molar-refractivity contribution is 5.77. The van der Waals surface area contributed by atoms with E-state index in [2.05, 4.69) is 44.3 Å². The predicted molar refractivity (Wildman–Crippen MR) is 86.9 cm³/mol. The molecule has 0 spiro atoms. The van der Waals surface area contributed by atoms with Crippen LogP contribution in [0.25, 0.3) is 11.1 Å². The van der Waals surface area contributed by atoms with Gasteiger partial charge in [0.05, 0.1) is 7.11 Å². The lowest BCUT2D eigenvalue weighted by molar-refractivity contribution is 0.415. The molecule has 1 heteroatoms. The summed E-state index contributed by atoms with van der Waals surface area (Å²) in [6.07, 6.45) is 0.773. The molecule has 102 valence electrons. The molecule has 2 rings (SSSR count). The summed E-state index contributed by atoms with van der Waals surface area (Å²) in [7, 11) is 1.67. The van der Waals surface area contributed by atoms with Gasteiger partial charge in [-0.15, -0.1) is 0 Å². The third-order valence-corrected chi connectivity index (χ3v) is 3.38. The number of aryl methyl sites for hydroxylation is 1. The Labute approximate surface area is 121 Å². The second-order valence-corrected chi connectivity index (χ2v) is 4.98. The van der Waals surface area contributed by atoms with Crippen LogP contribution >= 0.6 is 0 Å². The molecule has 0 unspecified atom stereocenters. The molecule has 0 aliphatic carbocycles. The smallest absolute Gasteiger partial charge is 0.118 e. The summed E-state index contributed by atoms with van der Waals surface area (Å²) in [6.45, 7) is 10.4. The van der Waals surface area contributed by atoms with Gasteiger partial charge in [0.2, 0.25) is 0 Å². The maximum absolute atomic E-state index is 5.16. The number of allylic oxidation sites excluding steroid dienone is 2. The van der Waals surface area contributed by atoms with Crippen molar-refractivity contribution in [2.24, 2.45) is 0 Å². The molecule has 0 amide bonds. The predicted octanol–water partition coefficient (Wildman–Crippen LogP) is 5.12. The van der Waals surface area contributed by atoms with Crippen molar-refractivity contribution in [3.8, 4) is 5.75 Å². The molecular weight excluding hydrogens is 244 g/mol. The van der Waals surface area contributed by atoms with Crippen LogP contribution in [0, 0.1) is 6.92 Å². The van der Waals surface area contributed by atoms with E-state index in [1.165, 1.54) is 11.1 Å². The van der Waals surface area contributed by atoms with Crippen molar-refractivity contribution >= 4 is 11.1 Å². The van der Waals surface area contributed by atoms with Crippen LogP contribution in [0.15, 0.2) is 61.7 Å². The summed E-state index contributed by atoms with van der Waals surface area (Å²) >= 11 is 0. The second kappa shape index (κ2) is 6.25. The zero-order valence-corrected chi connectivity index (χ0v) is 12.1. The zero-order chi connectivity index (χ0) is 14.5. The SMILES string of the molecule is C=C(CC(=C)c1ccc(OC)cc1)c1ccc(C)cc1. The number of benzene rings is 2. The number of ether oxygens (including phenoxy) is 1. The summed E-state index contributed by atoms with van der Waals surface area (Å²) in [6, 6.07) is 16.4. The van der Waals surface area contributed by atoms with Gasteiger partial charge in [-0.1, -0.05) is 55.1 Å². The van der Waals surface area contributed by atoms with Crippen molar-refractivity contribution in [3.05, 3.63) is 78.4 Å². The number of hydrogen-bond donors (Lipinski definition) is 0. The normalized spacial score (nSPS) is 10.1. The van der Waals surface area contributed by atoms with Gasteiger partial charge >= 0.3 is 0 Å². The first-order valence-corrected chi connectivity index (χ1v) is 6.67. The minimum atomic E-state index is 0.773. The van der Waals surface area contributed by atoms with Crippen molar-refractivity contribution in [3.63, 3.8) is 0 Å². The van der Waals surface area contributed by atoms with Gasteiger partial charge in [-0.25, -0.2) is 0 Å². The molecular formula is C19H20O. The molecule has 0 saturated heterocycles. The third kappa shape index (κ3) is 3.39. The monoisotopic (exact) mass is 264 g/mol. The van der Waals surface area contributed by atoms with Crippen LogP contribution in [0.1, 0.15) is 23.1 Å². The molecule has 2 aromatic carbocycles. The topological polar surface area (TPSA) is 9.23 Å². The van der Waals surface area contributed by atoms with Crippen LogP contribution in [0.2, 0.25) is 0 Å². The van der Waals surface area contributed by atoms with Gasteiger partial charge in [0.25, 0.3) is 0 Å². The van der Waals surface area contributed by atoms with E-state index in [1.54, 1.807) is 7.11 Å². The van der Waals surface area contributed by atoms with Gasteiger partial charge in [0, 0.05) is 0 Å². The molecule has 0 bridgehead atoms. The first kappa shape index (κ1) is 14.1. The van der Waals surface area contributed by atoms with Crippen molar-refractivity contribution in [1.29, 1.82) is 0 Å². The summed E-state index contributed by atoms with van der Waals surface area (Å²) in [4.78, 5) is 0. The van der Waals surface area contributed by atoms with Crippen LogP contribution in [-0.4, -0.2) is 7.11 Å². The van der Waals surface area contributed by atoms with Crippen molar-refractivity contribution in [1.82, 2.24) is 0 Å². The van der Waals surface area contributed by atoms with Crippen molar-refractivity contribution < 1.29 is 4.74 Å². The lowest BCUT2D eigenvalue weighted by Crippen LogP contribution is -1.89. The summed E-state index contributed by atoms with van der Waals surface area (Å²) in [5.74, 6) is 0.860. The quantitative estimate of drug-likeness (QED) is 0.728. The van der Waals surface area contributed by atoms with Gasteiger partial charge in [-0.05, 0) is 47.8 Å². The first-order chi connectivity index (χ1) is 9.60. The molecule has 0 N–H and O–H groups in total. The lowest BCUT2D eigenvalue weighted by Gasteiger charge is -2.10. The van der Waals surface area contributed by atoms with Crippen LogP contribution < -0.4 is 4.74 Å². The standard InChI is InChI=1S/C19H20O/c1-14-5-7-17(8-6-14)15(2)13-16(3)18-9-11-19(20-4)12-10-18/h5-12H,2-3,13H2,1,4H3. The van der Waals surface area contributed by atoms with Crippen LogP contribution in [0.5, 0.6) is 5.75 Å². The fourth-order valence-corrected chi connectivity index (χ4v) is 2.08. The van der Waals surface area contributed by atoms with Crippen LogP contribution in [0.4, 0.5) is 0 Å². The second-order valence-electron chi connectivity index (χ2n) is 4.98. The number of methoxy groups -OCH3 is 1. The van der Waals surface area contributed by atoms with E-state index in [0.717, 1.165) is 28.9 Å². The Kier molecular flexibility index (Phi) is 4.41. The average Bonchev–Trinajstić information content (AvgIpc) is 2.48. The molecule has 0 fully saturated rings. The van der Waals surface area contributed by atoms with E-state index in [-0.39, 0.29) is 0 Å². The minimum Gasteiger partial charge on any atom is -0.497 e. The molecule has 0 radical (unpaired) electrons. The molecule has 0 aliphatic heterocycles. The largest absolute Gasteiger partial charge is 0.497 e. The van der Waals surface area contributed by atoms with E-state index in [9.17, 15) is 0 Å². The summed E-state index contributed by atoms with van der Waals surface area (Å²) < 4.78 is 5.16. The van der Waals surface area contributed by atoms with E-state index < -0.39 is 0 Å². The molecule has 20 heavy (non-hydrogen) atoms. The maximum Gasteiger partial charge on any atom is 0.118 e. The Morgan fingerprint density at radius 3 is 1.75 bits per heavy atom. The van der Waals surface area contributed by atoms with Gasteiger partial charge < -0.3 is 4.74 Å². The average molecular weight is 264 g/mol.